The monoisotopic (exact) mass is 557 g/mol. The molecule has 4 rings (SSSR count). The summed E-state index contributed by atoms with van der Waals surface area (Å²) in [5, 5.41) is 2.91. The Kier molecular flexibility index (Phi) is 9.32. The van der Waals surface area contributed by atoms with Gasteiger partial charge in [-0.2, -0.15) is 0 Å². The van der Waals surface area contributed by atoms with E-state index in [9.17, 15) is 14.4 Å². The highest BCUT2D eigenvalue weighted by atomic mass is 16.6. The summed E-state index contributed by atoms with van der Waals surface area (Å²) < 4.78 is 11.5. The van der Waals surface area contributed by atoms with Gasteiger partial charge in [0.05, 0.1) is 12.2 Å². The third-order valence-corrected chi connectivity index (χ3v) is 7.00. The Bertz CT molecular complexity index is 1350. The lowest BCUT2D eigenvalue weighted by Gasteiger charge is -2.30. The van der Waals surface area contributed by atoms with Crippen molar-refractivity contribution >= 4 is 23.6 Å². The number of ether oxygens (including phenoxy) is 2. The molecule has 0 aromatic heterocycles. The zero-order valence-electron chi connectivity index (χ0n) is 24.4. The number of carbonyl (C=O) groups is 3. The first-order valence-corrected chi connectivity index (χ1v) is 13.9. The van der Waals surface area contributed by atoms with E-state index in [-0.39, 0.29) is 5.91 Å². The number of aryl methyl sites for hydroxylation is 1. The first-order valence-electron chi connectivity index (χ1n) is 13.9. The Labute approximate surface area is 242 Å². The molecule has 2 atom stereocenters. The highest BCUT2D eigenvalue weighted by molar-refractivity contribution is 6.01. The molecule has 1 heterocycles. The minimum atomic E-state index is -0.830. The van der Waals surface area contributed by atoms with Gasteiger partial charge in [0.1, 0.15) is 30.0 Å². The molecule has 1 aliphatic heterocycles. The molecule has 0 aliphatic carbocycles. The molecule has 0 radical (unpaired) electrons. The first kappa shape index (κ1) is 29.6. The van der Waals surface area contributed by atoms with E-state index in [4.69, 9.17) is 9.47 Å². The molecule has 0 bridgehead atoms. The third-order valence-electron chi connectivity index (χ3n) is 7.00. The second-order valence-electron chi connectivity index (χ2n) is 11.3. The van der Waals surface area contributed by atoms with Crippen LogP contribution in [0.5, 0.6) is 5.75 Å². The second kappa shape index (κ2) is 12.9. The molecule has 0 saturated carbocycles. The van der Waals surface area contributed by atoms with Crippen molar-refractivity contribution in [1.82, 2.24) is 10.2 Å². The van der Waals surface area contributed by atoms with Gasteiger partial charge in [-0.1, -0.05) is 66.7 Å². The molecule has 8 heteroatoms. The number of anilines is 1. The van der Waals surface area contributed by atoms with Crippen LogP contribution in [0.3, 0.4) is 0 Å². The van der Waals surface area contributed by atoms with Gasteiger partial charge in [-0.3, -0.25) is 14.5 Å². The molecule has 3 aromatic carbocycles. The fourth-order valence-corrected chi connectivity index (χ4v) is 4.59. The van der Waals surface area contributed by atoms with Crippen LogP contribution in [0.2, 0.25) is 0 Å². The summed E-state index contributed by atoms with van der Waals surface area (Å²) in [4.78, 5) is 42.8. The number of hydrogen-bond donors (Lipinski definition) is 1. The maximum Gasteiger partial charge on any atom is 0.410 e. The quantitative estimate of drug-likeness (QED) is 0.396. The largest absolute Gasteiger partial charge is 0.489 e. The number of likely N-dealkylation sites (N-methyl/N-ethyl adjacent to an activating group) is 1. The van der Waals surface area contributed by atoms with Crippen LogP contribution in [-0.2, 0) is 33.9 Å². The van der Waals surface area contributed by atoms with E-state index in [2.05, 4.69) is 5.32 Å². The lowest BCUT2D eigenvalue weighted by Crippen LogP contribution is -2.54. The van der Waals surface area contributed by atoms with Gasteiger partial charge in [-0.15, -0.1) is 0 Å². The molecule has 8 nitrogen and oxygen atoms in total. The van der Waals surface area contributed by atoms with Crippen LogP contribution in [0.1, 0.15) is 50.8 Å². The van der Waals surface area contributed by atoms with Gasteiger partial charge in [-0.05, 0) is 63.3 Å². The highest BCUT2D eigenvalue weighted by Gasteiger charge is 2.34. The maximum absolute atomic E-state index is 14.0. The van der Waals surface area contributed by atoms with Crippen LogP contribution in [-0.4, -0.2) is 47.5 Å². The number of benzene rings is 3. The molecule has 216 valence electrons. The van der Waals surface area contributed by atoms with Crippen molar-refractivity contribution in [2.75, 3.05) is 11.9 Å². The van der Waals surface area contributed by atoms with Gasteiger partial charge in [0.25, 0.3) is 0 Å². The minimum absolute atomic E-state index is 0.215. The number of carbonyl (C=O) groups excluding carboxylic acids is 3. The predicted octanol–water partition coefficient (Wildman–Crippen LogP) is 5.49. The van der Waals surface area contributed by atoms with E-state index in [0.29, 0.717) is 31.7 Å². The van der Waals surface area contributed by atoms with E-state index in [1.54, 1.807) is 32.6 Å². The van der Waals surface area contributed by atoms with E-state index < -0.39 is 29.7 Å². The van der Waals surface area contributed by atoms with Crippen molar-refractivity contribution in [2.24, 2.45) is 0 Å². The van der Waals surface area contributed by atoms with Gasteiger partial charge in [0.15, 0.2) is 0 Å². The van der Waals surface area contributed by atoms with Gasteiger partial charge < -0.3 is 19.7 Å². The molecule has 41 heavy (non-hydrogen) atoms. The van der Waals surface area contributed by atoms with Crippen LogP contribution in [0.25, 0.3) is 0 Å². The van der Waals surface area contributed by atoms with Crippen molar-refractivity contribution in [3.63, 3.8) is 0 Å². The van der Waals surface area contributed by atoms with Crippen LogP contribution in [0, 0.1) is 0 Å². The lowest BCUT2D eigenvalue weighted by molar-refractivity contribution is -0.130. The Hall–Kier alpha value is -4.33. The predicted molar refractivity (Wildman–Crippen MR) is 159 cm³/mol. The number of nitrogens with zero attached hydrogens (tertiary/aromatic N) is 2. The molecule has 0 spiro atoms. The fraction of sp³-hybridized carbons (Fsp3) is 0.364. The highest BCUT2D eigenvalue weighted by Crippen LogP contribution is 2.33. The summed E-state index contributed by atoms with van der Waals surface area (Å²) in [5.41, 5.74) is 3.09. The molecular weight excluding hydrogens is 518 g/mol. The molecule has 0 saturated heterocycles. The zero-order valence-corrected chi connectivity index (χ0v) is 24.4. The van der Waals surface area contributed by atoms with Crippen molar-refractivity contribution in [1.29, 1.82) is 0 Å². The summed E-state index contributed by atoms with van der Waals surface area (Å²) in [5.74, 6) is 0.0241. The maximum atomic E-state index is 14.0. The average molecular weight is 558 g/mol. The first-order chi connectivity index (χ1) is 19.5. The topological polar surface area (TPSA) is 88.2 Å². The number of fused-ring (bicyclic) bond motifs is 1. The van der Waals surface area contributed by atoms with E-state index in [1.165, 1.54) is 11.9 Å². The Balaban J connectivity index is 1.55. The SMILES string of the molecule is C[C@@H](C(=O)N[C@H]1CCc2ccc(OCc3ccccc3)cc2N(Cc2ccccc2)C1=O)N(C)C(=O)OC(C)(C)C. The van der Waals surface area contributed by atoms with Crippen molar-refractivity contribution in [3.8, 4) is 5.75 Å². The van der Waals surface area contributed by atoms with Crippen molar-refractivity contribution < 1.29 is 23.9 Å². The van der Waals surface area contributed by atoms with Gasteiger partial charge in [0.2, 0.25) is 11.8 Å². The van der Waals surface area contributed by atoms with Crippen molar-refractivity contribution in [3.05, 3.63) is 95.6 Å². The lowest BCUT2D eigenvalue weighted by atomic mass is 10.1. The fourth-order valence-electron chi connectivity index (χ4n) is 4.59. The van der Waals surface area contributed by atoms with E-state index >= 15 is 0 Å². The molecular formula is C33H39N3O5. The Morgan fingerprint density at radius 2 is 1.63 bits per heavy atom. The molecule has 1 aliphatic rings. The molecule has 3 aromatic rings. The number of hydrogen-bond acceptors (Lipinski definition) is 5. The van der Waals surface area contributed by atoms with Gasteiger partial charge in [-0.25, -0.2) is 4.79 Å². The van der Waals surface area contributed by atoms with E-state index in [0.717, 1.165) is 22.4 Å². The van der Waals surface area contributed by atoms with Crippen molar-refractivity contribution in [2.45, 2.75) is 71.4 Å². The van der Waals surface area contributed by atoms with Crippen LogP contribution >= 0.6 is 0 Å². The molecule has 0 unspecified atom stereocenters. The standard InChI is InChI=1S/C33H39N3O5/c1-23(35(5)32(39)41-33(2,3)4)30(37)34-28-19-17-26-16-18-27(40-22-25-14-10-7-11-15-25)20-29(26)36(31(28)38)21-24-12-8-6-9-13-24/h6-16,18,20,23,28H,17,19,21-22H2,1-5H3,(H,34,37)/t23-,28-/m0/s1. The molecule has 1 N–H and O–H groups in total. The minimum Gasteiger partial charge on any atom is -0.489 e. The average Bonchev–Trinajstić information content (AvgIpc) is 3.07. The second-order valence-corrected chi connectivity index (χ2v) is 11.3. The summed E-state index contributed by atoms with van der Waals surface area (Å²) in [6.45, 7) is 7.68. The molecule has 3 amide bonds. The number of amides is 3. The third kappa shape index (κ3) is 7.87. The summed E-state index contributed by atoms with van der Waals surface area (Å²) >= 11 is 0. The van der Waals surface area contributed by atoms with Crippen LogP contribution in [0.15, 0.2) is 78.9 Å². The Morgan fingerprint density at radius 3 is 2.27 bits per heavy atom. The van der Waals surface area contributed by atoms with Gasteiger partial charge in [0, 0.05) is 13.1 Å². The summed E-state index contributed by atoms with van der Waals surface area (Å²) in [6, 6.07) is 23.9. The number of rotatable bonds is 8. The van der Waals surface area contributed by atoms with E-state index in [1.807, 2.05) is 78.9 Å². The summed E-state index contributed by atoms with van der Waals surface area (Å²) in [6.07, 6.45) is 0.413. The molecule has 0 fully saturated rings. The summed E-state index contributed by atoms with van der Waals surface area (Å²) in [7, 11) is 1.52. The van der Waals surface area contributed by atoms with Crippen LogP contribution < -0.4 is 15.0 Å². The van der Waals surface area contributed by atoms with Gasteiger partial charge >= 0.3 is 6.09 Å². The normalized spacial score (nSPS) is 15.8. The number of nitrogens with one attached hydrogen (secondary N) is 1. The Morgan fingerprint density at radius 1 is 1.00 bits per heavy atom. The zero-order chi connectivity index (χ0) is 29.6. The smallest absolute Gasteiger partial charge is 0.410 e. The van der Waals surface area contributed by atoms with Crippen LogP contribution in [0.4, 0.5) is 10.5 Å².